The molecule has 0 aliphatic carbocycles. The van der Waals surface area contributed by atoms with E-state index in [9.17, 15) is 26.3 Å². The van der Waals surface area contributed by atoms with Gasteiger partial charge in [0.15, 0.2) is 0 Å². The molecule has 2 aromatic heterocycles. The van der Waals surface area contributed by atoms with E-state index < -0.39 is 23.5 Å². The summed E-state index contributed by atoms with van der Waals surface area (Å²) in [6.07, 6.45) is -5.81. The van der Waals surface area contributed by atoms with Crippen LogP contribution >= 0.6 is 0 Å². The Morgan fingerprint density at radius 2 is 1.56 bits per heavy atom. The maximum atomic E-state index is 12.8. The number of rotatable bonds is 6. The fourth-order valence-corrected chi connectivity index (χ4v) is 1.97. The van der Waals surface area contributed by atoms with Gasteiger partial charge in [0.1, 0.15) is 5.82 Å². The van der Waals surface area contributed by atoms with Gasteiger partial charge >= 0.3 is 12.4 Å². The number of nitrogens with one attached hydrogen (secondary N) is 2. The summed E-state index contributed by atoms with van der Waals surface area (Å²) in [6, 6.07) is 3.33. The Morgan fingerprint density at radius 1 is 0.840 bits per heavy atom. The molecule has 0 saturated carbocycles. The van der Waals surface area contributed by atoms with Gasteiger partial charge in [-0.1, -0.05) is 0 Å². The first kappa shape index (κ1) is 18.8. The van der Waals surface area contributed by atoms with Gasteiger partial charge in [0, 0.05) is 37.4 Å². The van der Waals surface area contributed by atoms with Crippen molar-refractivity contribution in [1.29, 1.82) is 0 Å². The van der Waals surface area contributed by atoms with Crippen LogP contribution in [-0.4, -0.2) is 23.1 Å². The monoisotopic (exact) mass is 364 g/mol. The standard InChI is InChI=1S/C15H14F6N4/c16-14(17,18)10-2-3-13(25-8-10)24-6-1-5-23-12-4-7-22-9-11(12)15(19,20)21/h2-4,7-9H,1,5-6H2,(H,22,23)(H,24,25). The minimum absolute atomic E-state index is 0.0739. The first-order valence-corrected chi connectivity index (χ1v) is 7.20. The fourth-order valence-electron chi connectivity index (χ4n) is 1.97. The number of alkyl halides is 6. The number of halogens is 6. The second kappa shape index (κ2) is 7.58. The number of nitrogens with zero attached hydrogens (tertiary/aromatic N) is 2. The smallest absolute Gasteiger partial charge is 0.384 e. The summed E-state index contributed by atoms with van der Waals surface area (Å²) in [4.78, 5) is 7.10. The van der Waals surface area contributed by atoms with Gasteiger partial charge in [-0.05, 0) is 24.6 Å². The lowest BCUT2D eigenvalue weighted by molar-refractivity contribution is -0.138. The van der Waals surface area contributed by atoms with Crippen LogP contribution in [0.25, 0.3) is 0 Å². The zero-order valence-corrected chi connectivity index (χ0v) is 12.7. The maximum absolute atomic E-state index is 12.8. The van der Waals surface area contributed by atoms with Crippen LogP contribution in [0.5, 0.6) is 0 Å². The SMILES string of the molecule is FC(F)(F)c1ccc(NCCCNc2ccncc2C(F)(F)F)nc1. The van der Waals surface area contributed by atoms with E-state index in [1.54, 1.807) is 0 Å². The van der Waals surface area contributed by atoms with Crippen LogP contribution in [0.2, 0.25) is 0 Å². The predicted molar refractivity (Wildman–Crippen MR) is 80.1 cm³/mol. The normalized spacial score (nSPS) is 12.1. The number of aromatic nitrogens is 2. The highest BCUT2D eigenvalue weighted by Crippen LogP contribution is 2.33. The van der Waals surface area contributed by atoms with Gasteiger partial charge in [-0.2, -0.15) is 26.3 Å². The van der Waals surface area contributed by atoms with E-state index in [2.05, 4.69) is 20.6 Å². The van der Waals surface area contributed by atoms with E-state index in [0.717, 1.165) is 12.3 Å². The summed E-state index contributed by atoms with van der Waals surface area (Å²) in [6.45, 7) is 0.568. The molecule has 10 heteroatoms. The van der Waals surface area contributed by atoms with Crippen molar-refractivity contribution >= 4 is 11.5 Å². The van der Waals surface area contributed by atoms with Crippen LogP contribution in [-0.2, 0) is 12.4 Å². The average molecular weight is 364 g/mol. The van der Waals surface area contributed by atoms with Gasteiger partial charge < -0.3 is 10.6 Å². The molecule has 0 aliphatic rings. The van der Waals surface area contributed by atoms with Crippen LogP contribution in [0.15, 0.2) is 36.8 Å². The Labute approximate surface area is 139 Å². The first-order valence-electron chi connectivity index (χ1n) is 7.20. The van der Waals surface area contributed by atoms with Crippen LogP contribution in [0.4, 0.5) is 37.8 Å². The van der Waals surface area contributed by atoms with Crippen molar-refractivity contribution in [3.63, 3.8) is 0 Å². The van der Waals surface area contributed by atoms with Gasteiger partial charge in [-0.3, -0.25) is 4.98 Å². The summed E-state index contributed by atoms with van der Waals surface area (Å²) >= 11 is 0. The molecular weight excluding hydrogens is 350 g/mol. The van der Waals surface area contributed by atoms with Crippen LogP contribution in [0.3, 0.4) is 0 Å². The lowest BCUT2D eigenvalue weighted by Crippen LogP contribution is -2.14. The van der Waals surface area contributed by atoms with Gasteiger partial charge in [0.25, 0.3) is 0 Å². The van der Waals surface area contributed by atoms with Crippen molar-refractivity contribution < 1.29 is 26.3 Å². The Bertz CT molecular complexity index is 682. The Balaban J connectivity index is 1.79. The molecule has 2 rings (SSSR count). The van der Waals surface area contributed by atoms with E-state index >= 15 is 0 Å². The van der Waals surface area contributed by atoms with E-state index in [0.29, 0.717) is 19.2 Å². The largest absolute Gasteiger partial charge is 0.419 e. The van der Waals surface area contributed by atoms with Crippen molar-refractivity contribution in [2.24, 2.45) is 0 Å². The van der Waals surface area contributed by atoms with Crippen LogP contribution in [0.1, 0.15) is 17.5 Å². The minimum atomic E-state index is -4.50. The van der Waals surface area contributed by atoms with Crippen molar-refractivity contribution in [1.82, 2.24) is 9.97 Å². The Morgan fingerprint density at radius 3 is 2.16 bits per heavy atom. The summed E-state index contributed by atoms with van der Waals surface area (Å²) in [5.41, 5.74) is -1.78. The van der Waals surface area contributed by atoms with Gasteiger partial charge in [-0.25, -0.2) is 4.98 Å². The van der Waals surface area contributed by atoms with Gasteiger partial charge in [0.2, 0.25) is 0 Å². The molecule has 2 heterocycles. The molecule has 0 saturated heterocycles. The number of anilines is 2. The zero-order valence-electron chi connectivity index (χ0n) is 12.7. The highest BCUT2D eigenvalue weighted by atomic mass is 19.4. The van der Waals surface area contributed by atoms with Crippen molar-refractivity contribution in [2.45, 2.75) is 18.8 Å². The summed E-state index contributed by atoms with van der Waals surface area (Å²) in [5, 5.41) is 5.47. The highest BCUT2D eigenvalue weighted by Gasteiger charge is 2.33. The molecule has 4 nitrogen and oxygen atoms in total. The zero-order chi connectivity index (χ0) is 18.5. The molecular formula is C15H14F6N4. The summed E-state index contributed by atoms with van der Waals surface area (Å²) in [7, 11) is 0. The molecule has 0 aliphatic heterocycles. The van der Waals surface area contributed by atoms with E-state index in [-0.39, 0.29) is 18.1 Å². The molecule has 0 atom stereocenters. The fraction of sp³-hybridized carbons (Fsp3) is 0.333. The molecule has 0 unspecified atom stereocenters. The molecule has 2 N–H and O–H groups in total. The maximum Gasteiger partial charge on any atom is 0.419 e. The average Bonchev–Trinajstić information content (AvgIpc) is 2.53. The van der Waals surface area contributed by atoms with Crippen LogP contribution in [0, 0.1) is 0 Å². The van der Waals surface area contributed by atoms with E-state index in [1.807, 2.05) is 0 Å². The minimum Gasteiger partial charge on any atom is -0.384 e. The molecule has 25 heavy (non-hydrogen) atoms. The quantitative estimate of drug-likeness (QED) is 0.588. The topological polar surface area (TPSA) is 49.8 Å². The number of hydrogen-bond acceptors (Lipinski definition) is 4. The molecule has 0 bridgehead atoms. The summed E-state index contributed by atoms with van der Waals surface area (Å²) < 4.78 is 75.5. The molecule has 0 fully saturated rings. The number of pyridine rings is 2. The van der Waals surface area contributed by atoms with E-state index in [1.165, 1.54) is 18.3 Å². The van der Waals surface area contributed by atoms with Crippen LogP contribution < -0.4 is 10.6 Å². The first-order chi connectivity index (χ1) is 11.7. The predicted octanol–water partition coefficient (Wildman–Crippen LogP) is 4.43. The van der Waals surface area contributed by atoms with Gasteiger partial charge in [0.05, 0.1) is 11.1 Å². The number of hydrogen-bond donors (Lipinski definition) is 2. The van der Waals surface area contributed by atoms with Gasteiger partial charge in [-0.15, -0.1) is 0 Å². The molecule has 0 aromatic carbocycles. The third-order valence-corrected chi connectivity index (χ3v) is 3.19. The molecule has 2 aromatic rings. The summed E-state index contributed by atoms with van der Waals surface area (Å²) in [5.74, 6) is 0.257. The van der Waals surface area contributed by atoms with Crippen molar-refractivity contribution in [2.75, 3.05) is 23.7 Å². The van der Waals surface area contributed by atoms with Crippen molar-refractivity contribution in [3.05, 3.63) is 47.9 Å². The third kappa shape index (κ3) is 5.50. The highest BCUT2D eigenvalue weighted by molar-refractivity contribution is 5.50. The Hall–Kier alpha value is -2.52. The molecule has 0 amide bonds. The molecule has 136 valence electrons. The second-order valence-electron chi connectivity index (χ2n) is 5.06. The second-order valence-corrected chi connectivity index (χ2v) is 5.06. The van der Waals surface area contributed by atoms with E-state index in [4.69, 9.17) is 0 Å². The third-order valence-electron chi connectivity index (χ3n) is 3.19. The molecule has 0 spiro atoms. The lowest BCUT2D eigenvalue weighted by Gasteiger charge is -2.14. The lowest BCUT2D eigenvalue weighted by atomic mass is 10.2. The molecule has 0 radical (unpaired) electrons. The van der Waals surface area contributed by atoms with Crippen molar-refractivity contribution in [3.8, 4) is 0 Å². The Kier molecular flexibility index (Phi) is 5.70.